The summed E-state index contributed by atoms with van der Waals surface area (Å²) < 4.78 is 5.29. The zero-order valence-corrected chi connectivity index (χ0v) is 17.0. The van der Waals surface area contributed by atoms with Gasteiger partial charge in [0, 0.05) is 35.4 Å². The van der Waals surface area contributed by atoms with E-state index in [0.29, 0.717) is 41.8 Å². The highest BCUT2D eigenvalue weighted by molar-refractivity contribution is 6.29. The van der Waals surface area contributed by atoms with E-state index in [0.717, 1.165) is 24.0 Å². The van der Waals surface area contributed by atoms with Crippen LogP contribution in [0.25, 0.3) is 10.9 Å². The number of anilines is 2. The van der Waals surface area contributed by atoms with E-state index in [1.807, 2.05) is 6.07 Å². The Balaban J connectivity index is 1.35. The van der Waals surface area contributed by atoms with Crippen LogP contribution >= 0.6 is 11.6 Å². The minimum absolute atomic E-state index is 0.0708. The Kier molecular flexibility index (Phi) is 6.23. The van der Waals surface area contributed by atoms with Crippen molar-refractivity contribution in [2.24, 2.45) is 0 Å². The molecule has 0 spiro atoms. The molecule has 2 heterocycles. The molecule has 0 saturated carbocycles. The molecular weight excluding hydrogens is 404 g/mol. The Hall–Kier alpha value is -3.00. The van der Waals surface area contributed by atoms with Crippen molar-refractivity contribution in [2.75, 3.05) is 43.5 Å². The lowest BCUT2D eigenvalue weighted by Crippen LogP contribution is -2.41. The second-order valence-corrected chi connectivity index (χ2v) is 7.40. The van der Waals surface area contributed by atoms with E-state index in [9.17, 15) is 9.59 Å². The third-order valence-corrected chi connectivity index (χ3v) is 5.03. The Morgan fingerprint density at radius 3 is 2.40 bits per heavy atom. The maximum atomic E-state index is 12.6. The van der Waals surface area contributed by atoms with Crippen LogP contribution in [0.15, 0.2) is 54.6 Å². The molecule has 0 bridgehead atoms. The topological polar surface area (TPSA) is 83.6 Å². The number of benzene rings is 2. The molecule has 1 aliphatic heterocycles. The number of pyridine rings is 1. The smallest absolute Gasteiger partial charge is 0.255 e. The molecule has 2 N–H and O–H groups in total. The number of hydrogen-bond acceptors (Lipinski definition) is 5. The number of fused-ring (bicyclic) bond motifs is 1. The van der Waals surface area contributed by atoms with Crippen molar-refractivity contribution in [2.45, 2.75) is 0 Å². The SMILES string of the molecule is O=C(CN1CCOCC1)Nc1ccc(NC(=O)c2ccc3nc(Cl)ccc3c2)cc1. The summed E-state index contributed by atoms with van der Waals surface area (Å²) in [6.45, 7) is 3.17. The molecular formula is C22H21ClN4O3. The predicted octanol–water partition coefficient (Wildman–Crippen LogP) is 3.41. The van der Waals surface area contributed by atoms with Gasteiger partial charge in [0.2, 0.25) is 5.91 Å². The van der Waals surface area contributed by atoms with Crippen molar-refractivity contribution in [3.8, 4) is 0 Å². The van der Waals surface area contributed by atoms with Crippen molar-refractivity contribution in [1.29, 1.82) is 0 Å². The Morgan fingerprint density at radius 1 is 0.967 bits per heavy atom. The van der Waals surface area contributed by atoms with E-state index in [4.69, 9.17) is 16.3 Å². The summed E-state index contributed by atoms with van der Waals surface area (Å²) in [5, 5.41) is 6.99. The lowest BCUT2D eigenvalue weighted by atomic mass is 10.1. The number of nitrogens with zero attached hydrogens (tertiary/aromatic N) is 2. The molecule has 7 nitrogen and oxygen atoms in total. The largest absolute Gasteiger partial charge is 0.379 e. The second kappa shape index (κ2) is 9.21. The van der Waals surface area contributed by atoms with Crippen LogP contribution in [0.5, 0.6) is 0 Å². The molecule has 0 radical (unpaired) electrons. The third-order valence-electron chi connectivity index (χ3n) is 4.81. The van der Waals surface area contributed by atoms with E-state index in [1.165, 1.54) is 0 Å². The van der Waals surface area contributed by atoms with Crippen LogP contribution < -0.4 is 10.6 Å². The first-order valence-corrected chi connectivity index (χ1v) is 10.0. The van der Waals surface area contributed by atoms with Crippen molar-refractivity contribution < 1.29 is 14.3 Å². The summed E-state index contributed by atoms with van der Waals surface area (Å²) in [7, 11) is 0. The van der Waals surface area contributed by atoms with Crippen LogP contribution in [0.2, 0.25) is 5.15 Å². The van der Waals surface area contributed by atoms with Crippen molar-refractivity contribution in [1.82, 2.24) is 9.88 Å². The van der Waals surface area contributed by atoms with E-state index in [1.54, 1.807) is 48.5 Å². The number of amides is 2. The van der Waals surface area contributed by atoms with Crippen molar-refractivity contribution >= 4 is 45.7 Å². The van der Waals surface area contributed by atoms with Gasteiger partial charge in [-0.15, -0.1) is 0 Å². The van der Waals surface area contributed by atoms with Crippen LogP contribution in [0, 0.1) is 0 Å². The molecule has 2 amide bonds. The fourth-order valence-electron chi connectivity index (χ4n) is 3.24. The quantitative estimate of drug-likeness (QED) is 0.613. The average Bonchev–Trinajstić information content (AvgIpc) is 2.75. The number of rotatable bonds is 5. The van der Waals surface area contributed by atoms with Crippen molar-refractivity contribution in [3.05, 3.63) is 65.3 Å². The van der Waals surface area contributed by atoms with Gasteiger partial charge < -0.3 is 15.4 Å². The number of hydrogen-bond donors (Lipinski definition) is 2. The summed E-state index contributed by atoms with van der Waals surface area (Å²) in [5.41, 5.74) is 2.58. The molecule has 1 fully saturated rings. The Labute approximate surface area is 179 Å². The highest BCUT2D eigenvalue weighted by Crippen LogP contribution is 2.19. The van der Waals surface area contributed by atoms with Gasteiger partial charge in [0.05, 0.1) is 25.3 Å². The van der Waals surface area contributed by atoms with Crippen LogP contribution in [0.1, 0.15) is 10.4 Å². The number of carbonyl (C=O) groups excluding carboxylic acids is 2. The summed E-state index contributed by atoms with van der Waals surface area (Å²) in [6, 6.07) is 15.8. The molecule has 0 aliphatic carbocycles. The third kappa shape index (κ3) is 5.13. The van der Waals surface area contributed by atoms with Crippen LogP contribution in [0.4, 0.5) is 11.4 Å². The molecule has 2 aromatic carbocycles. The highest BCUT2D eigenvalue weighted by atomic mass is 35.5. The minimum atomic E-state index is -0.226. The summed E-state index contributed by atoms with van der Waals surface area (Å²) >= 11 is 5.90. The fraction of sp³-hybridized carbons (Fsp3) is 0.227. The second-order valence-electron chi connectivity index (χ2n) is 7.01. The molecule has 154 valence electrons. The van der Waals surface area contributed by atoms with Crippen LogP contribution in [-0.4, -0.2) is 54.5 Å². The van der Waals surface area contributed by atoms with E-state index in [2.05, 4.69) is 20.5 Å². The van der Waals surface area contributed by atoms with Gasteiger partial charge in [-0.3, -0.25) is 14.5 Å². The molecule has 1 aromatic heterocycles. The average molecular weight is 425 g/mol. The van der Waals surface area contributed by atoms with Gasteiger partial charge in [0.15, 0.2) is 0 Å². The Morgan fingerprint density at radius 2 is 1.67 bits per heavy atom. The summed E-state index contributed by atoms with van der Waals surface area (Å²) in [6.07, 6.45) is 0. The minimum Gasteiger partial charge on any atom is -0.379 e. The lowest BCUT2D eigenvalue weighted by Gasteiger charge is -2.25. The van der Waals surface area contributed by atoms with Crippen molar-refractivity contribution in [3.63, 3.8) is 0 Å². The summed E-state index contributed by atoms with van der Waals surface area (Å²) in [4.78, 5) is 31.0. The van der Waals surface area contributed by atoms with E-state index < -0.39 is 0 Å². The summed E-state index contributed by atoms with van der Waals surface area (Å²) in [5.74, 6) is -0.297. The molecule has 1 saturated heterocycles. The first-order valence-electron chi connectivity index (χ1n) is 9.64. The molecule has 3 aromatic rings. The first kappa shape index (κ1) is 20.3. The molecule has 4 rings (SSSR count). The fourth-order valence-corrected chi connectivity index (χ4v) is 3.40. The van der Waals surface area contributed by atoms with Gasteiger partial charge in [-0.2, -0.15) is 0 Å². The van der Waals surface area contributed by atoms with Gasteiger partial charge in [-0.25, -0.2) is 4.98 Å². The standard InChI is InChI=1S/C22H21ClN4O3/c23-20-8-2-15-13-16(1-7-19(15)26-20)22(29)25-18-5-3-17(4-6-18)24-21(28)14-27-9-11-30-12-10-27/h1-8,13H,9-12,14H2,(H,24,28)(H,25,29). The van der Waals surface area contributed by atoms with Crippen LogP contribution in [0.3, 0.4) is 0 Å². The maximum Gasteiger partial charge on any atom is 0.255 e. The molecule has 0 atom stereocenters. The van der Waals surface area contributed by atoms with Gasteiger partial charge in [0.25, 0.3) is 5.91 Å². The van der Waals surface area contributed by atoms with E-state index >= 15 is 0 Å². The number of ether oxygens (including phenoxy) is 1. The molecule has 0 unspecified atom stereocenters. The molecule has 30 heavy (non-hydrogen) atoms. The number of halogens is 1. The normalized spacial score (nSPS) is 14.4. The maximum absolute atomic E-state index is 12.6. The number of carbonyl (C=O) groups is 2. The monoisotopic (exact) mass is 424 g/mol. The first-order chi connectivity index (χ1) is 14.6. The number of nitrogens with one attached hydrogen (secondary N) is 2. The lowest BCUT2D eigenvalue weighted by molar-refractivity contribution is -0.118. The van der Waals surface area contributed by atoms with Crippen LogP contribution in [-0.2, 0) is 9.53 Å². The van der Waals surface area contributed by atoms with Gasteiger partial charge in [-0.1, -0.05) is 11.6 Å². The predicted molar refractivity (Wildman–Crippen MR) is 117 cm³/mol. The van der Waals surface area contributed by atoms with Gasteiger partial charge in [-0.05, 0) is 54.6 Å². The van der Waals surface area contributed by atoms with Gasteiger partial charge >= 0.3 is 0 Å². The zero-order valence-electron chi connectivity index (χ0n) is 16.2. The van der Waals surface area contributed by atoms with Gasteiger partial charge in [0.1, 0.15) is 5.15 Å². The Bertz CT molecular complexity index is 1070. The molecule has 1 aliphatic rings. The highest BCUT2D eigenvalue weighted by Gasteiger charge is 2.14. The zero-order chi connectivity index (χ0) is 20.9. The number of aromatic nitrogens is 1. The molecule has 8 heteroatoms. The van der Waals surface area contributed by atoms with E-state index in [-0.39, 0.29) is 11.8 Å². The number of morpholine rings is 1.